The fourth-order valence-electron chi connectivity index (χ4n) is 2.44. The second kappa shape index (κ2) is 9.43. The zero-order valence-corrected chi connectivity index (χ0v) is 15.5. The van der Waals surface area contributed by atoms with Crippen LogP contribution in [0.5, 0.6) is 0 Å². The van der Waals surface area contributed by atoms with Gasteiger partial charge >= 0.3 is 26.2 Å². The van der Waals surface area contributed by atoms with E-state index in [9.17, 15) is 0 Å². The van der Waals surface area contributed by atoms with Crippen molar-refractivity contribution in [1.82, 2.24) is 0 Å². The number of hydrogen-bond acceptors (Lipinski definition) is 0. The topological polar surface area (TPSA) is 0 Å². The van der Waals surface area contributed by atoms with Crippen molar-refractivity contribution < 1.29 is 26.2 Å². The number of rotatable bonds is 2. The third-order valence-corrected chi connectivity index (χ3v) is 3.56. The fraction of sp³-hybridized carbons (Fsp3) is 0.0909. The van der Waals surface area contributed by atoms with Gasteiger partial charge in [0.2, 0.25) is 0 Å². The molecule has 2 aromatic rings. The van der Waals surface area contributed by atoms with E-state index in [0.29, 0.717) is 0 Å². The molecule has 2 aliphatic carbocycles. The van der Waals surface area contributed by atoms with Crippen LogP contribution in [0.3, 0.4) is 0 Å². The van der Waals surface area contributed by atoms with Crippen LogP contribution < -0.4 is 0 Å². The molecule has 0 N–H and O–H groups in total. The summed E-state index contributed by atoms with van der Waals surface area (Å²) in [6, 6.07) is 20.7. The van der Waals surface area contributed by atoms with Gasteiger partial charge in [0.05, 0.1) is 0 Å². The zero-order valence-electron chi connectivity index (χ0n) is 13.0. The molecule has 0 saturated carbocycles. The van der Waals surface area contributed by atoms with Crippen molar-refractivity contribution in [2.45, 2.75) is 12.8 Å². The molecule has 0 radical (unpaired) electrons. The molecule has 0 nitrogen and oxygen atoms in total. The Bertz CT molecular complexity index is 654. The molecule has 23 heavy (non-hydrogen) atoms. The summed E-state index contributed by atoms with van der Waals surface area (Å²) >= 11 is 0. The van der Waals surface area contributed by atoms with Crippen LogP contribution in [-0.4, -0.2) is 0 Å². The third kappa shape index (κ3) is 5.15. The van der Waals surface area contributed by atoms with Gasteiger partial charge in [-0.2, -0.15) is 35.5 Å². The van der Waals surface area contributed by atoms with Gasteiger partial charge in [-0.3, -0.25) is 0 Å². The normalized spacial score (nSPS) is 14.4. The van der Waals surface area contributed by atoms with E-state index in [1.165, 1.54) is 22.3 Å². The summed E-state index contributed by atoms with van der Waals surface area (Å²) in [6.07, 6.45) is 17.0. The van der Waals surface area contributed by atoms with Crippen LogP contribution in [0.25, 0.3) is 11.1 Å². The van der Waals surface area contributed by atoms with Gasteiger partial charge in [0, 0.05) is 0 Å². The van der Waals surface area contributed by atoms with Gasteiger partial charge in [0.15, 0.2) is 0 Å². The summed E-state index contributed by atoms with van der Waals surface area (Å²) in [5.74, 6) is 0. The van der Waals surface area contributed by atoms with Gasteiger partial charge in [-0.15, -0.1) is 47.5 Å². The molecule has 2 aromatic carbocycles. The SMILES string of the molecule is [C-]1=C(c2ccccc2)C=CC1.[C-]1=C(c2ccccc2)C=CC1.[Zr+2]. The van der Waals surface area contributed by atoms with Crippen molar-refractivity contribution in [3.63, 3.8) is 0 Å². The molecule has 0 heterocycles. The van der Waals surface area contributed by atoms with Gasteiger partial charge in [0.25, 0.3) is 0 Å². The first-order valence-corrected chi connectivity index (χ1v) is 7.59. The zero-order chi connectivity index (χ0) is 15.0. The maximum atomic E-state index is 3.28. The molecule has 0 unspecified atom stereocenters. The molecule has 1 heteroatoms. The molecular formula is C22H18Zr. The van der Waals surface area contributed by atoms with Gasteiger partial charge in [-0.25, -0.2) is 0 Å². The van der Waals surface area contributed by atoms with Crippen LogP contribution in [0.15, 0.2) is 85.0 Å². The summed E-state index contributed by atoms with van der Waals surface area (Å²) < 4.78 is 0. The van der Waals surface area contributed by atoms with Crippen molar-refractivity contribution in [2.24, 2.45) is 0 Å². The van der Waals surface area contributed by atoms with E-state index >= 15 is 0 Å². The molecular weight excluding hydrogens is 355 g/mol. The molecule has 0 spiro atoms. The Morgan fingerprint density at radius 3 is 1.26 bits per heavy atom. The quantitative estimate of drug-likeness (QED) is 0.596. The molecule has 4 rings (SSSR count). The summed E-state index contributed by atoms with van der Waals surface area (Å²) in [4.78, 5) is 0. The van der Waals surface area contributed by atoms with Crippen molar-refractivity contribution in [3.8, 4) is 0 Å². The predicted molar refractivity (Wildman–Crippen MR) is 93.7 cm³/mol. The maximum Gasteiger partial charge on any atom is 2.00 e. The minimum Gasteiger partial charge on any atom is -0.197 e. The molecule has 0 atom stereocenters. The molecule has 0 fully saturated rings. The third-order valence-electron chi connectivity index (χ3n) is 3.56. The first-order chi connectivity index (χ1) is 10.9. The number of allylic oxidation sites excluding steroid dienone is 8. The van der Waals surface area contributed by atoms with E-state index in [1.54, 1.807) is 0 Å². The Morgan fingerprint density at radius 2 is 0.957 bits per heavy atom. The van der Waals surface area contributed by atoms with Crippen LogP contribution in [0.1, 0.15) is 24.0 Å². The van der Waals surface area contributed by atoms with E-state index in [0.717, 1.165) is 12.8 Å². The first kappa shape index (κ1) is 17.6. The van der Waals surface area contributed by atoms with Gasteiger partial charge in [-0.1, -0.05) is 49.2 Å². The fourth-order valence-corrected chi connectivity index (χ4v) is 2.44. The Balaban J connectivity index is 0.000000160. The second-order valence-electron chi connectivity index (χ2n) is 5.13. The van der Waals surface area contributed by atoms with Crippen molar-refractivity contribution in [2.75, 3.05) is 0 Å². The molecule has 110 valence electrons. The molecule has 0 bridgehead atoms. The minimum atomic E-state index is 0. The smallest absolute Gasteiger partial charge is 0.197 e. The largest absolute Gasteiger partial charge is 2.00 e. The number of hydrogen-bond donors (Lipinski definition) is 0. The van der Waals surface area contributed by atoms with Gasteiger partial charge < -0.3 is 0 Å². The minimum absolute atomic E-state index is 0. The first-order valence-electron chi connectivity index (χ1n) is 7.59. The Hall–Kier alpha value is -1.72. The summed E-state index contributed by atoms with van der Waals surface area (Å²) in [6.45, 7) is 0. The van der Waals surface area contributed by atoms with Crippen LogP contribution in [-0.2, 0) is 26.2 Å². The molecule has 0 aromatic heterocycles. The predicted octanol–water partition coefficient (Wildman–Crippen LogP) is 5.66. The number of benzene rings is 2. The van der Waals surface area contributed by atoms with Crippen molar-refractivity contribution in [3.05, 3.63) is 108 Å². The van der Waals surface area contributed by atoms with E-state index in [1.807, 2.05) is 12.1 Å². The Morgan fingerprint density at radius 1 is 0.565 bits per heavy atom. The van der Waals surface area contributed by atoms with Gasteiger partial charge in [0.1, 0.15) is 0 Å². The van der Waals surface area contributed by atoms with E-state index in [-0.39, 0.29) is 26.2 Å². The average Bonchev–Trinajstić information content (AvgIpc) is 3.31. The van der Waals surface area contributed by atoms with Crippen LogP contribution in [0.4, 0.5) is 0 Å². The molecule has 0 amide bonds. The standard InChI is InChI=1S/2C11H9.Zr/c2*1-2-6-10(7-3-1)11-8-4-5-9-11;/h2*1-4,6-8H,5H2;/q2*-1;+2. The van der Waals surface area contributed by atoms with Crippen molar-refractivity contribution >= 4 is 11.1 Å². The van der Waals surface area contributed by atoms with Crippen LogP contribution in [0.2, 0.25) is 0 Å². The average molecular weight is 374 g/mol. The summed E-state index contributed by atoms with van der Waals surface area (Å²) in [5, 5.41) is 0. The van der Waals surface area contributed by atoms with Crippen molar-refractivity contribution in [1.29, 1.82) is 0 Å². The Kier molecular flexibility index (Phi) is 7.23. The maximum absolute atomic E-state index is 3.28. The second-order valence-corrected chi connectivity index (χ2v) is 5.13. The molecule has 2 aliphatic rings. The van der Waals surface area contributed by atoms with E-state index in [2.05, 4.69) is 85.0 Å². The van der Waals surface area contributed by atoms with E-state index < -0.39 is 0 Å². The van der Waals surface area contributed by atoms with Crippen LogP contribution >= 0.6 is 0 Å². The van der Waals surface area contributed by atoms with E-state index in [4.69, 9.17) is 0 Å². The monoisotopic (exact) mass is 372 g/mol. The van der Waals surface area contributed by atoms with Gasteiger partial charge in [-0.05, 0) is 0 Å². The molecule has 0 saturated heterocycles. The van der Waals surface area contributed by atoms with Crippen LogP contribution in [0, 0.1) is 12.2 Å². The summed E-state index contributed by atoms with van der Waals surface area (Å²) in [7, 11) is 0. The molecule has 0 aliphatic heterocycles. The Labute approximate surface area is 158 Å². The summed E-state index contributed by atoms with van der Waals surface area (Å²) in [5.41, 5.74) is 4.98.